The Balaban J connectivity index is 1.48. The number of pyridine rings is 1. The Labute approximate surface area is 190 Å². The zero-order valence-electron chi connectivity index (χ0n) is 17.7. The number of carbonyl (C=O) groups excluding carboxylic acids is 1. The summed E-state index contributed by atoms with van der Waals surface area (Å²) >= 11 is 1.46. The molecule has 1 amide bonds. The summed E-state index contributed by atoms with van der Waals surface area (Å²) < 4.78 is 14.8. The standard InChI is InChI=1S/C24H22FN5OS/c1-17(19-7-11-21(12-8-19)30-16-26-15-28-30)29(2)24(31)22-4-3-13-27-23(22)32-14-18-5-9-20(25)10-6-18/h3-13,15-17H,14H2,1-2H3. The van der Waals surface area contributed by atoms with Crippen LogP contribution in [0.5, 0.6) is 0 Å². The number of thioether (sulfide) groups is 1. The Morgan fingerprint density at radius 1 is 1.12 bits per heavy atom. The summed E-state index contributed by atoms with van der Waals surface area (Å²) in [7, 11) is 1.79. The molecule has 0 saturated carbocycles. The van der Waals surface area contributed by atoms with E-state index in [1.165, 1.54) is 30.2 Å². The highest BCUT2D eigenvalue weighted by atomic mass is 32.2. The number of carbonyl (C=O) groups is 1. The van der Waals surface area contributed by atoms with Crippen molar-refractivity contribution in [2.24, 2.45) is 0 Å². The molecule has 4 rings (SSSR count). The van der Waals surface area contributed by atoms with Gasteiger partial charge in [-0.2, -0.15) is 5.10 Å². The van der Waals surface area contributed by atoms with Crippen LogP contribution in [-0.4, -0.2) is 37.6 Å². The molecule has 0 N–H and O–H groups in total. The van der Waals surface area contributed by atoms with Gasteiger partial charge in [0, 0.05) is 19.0 Å². The van der Waals surface area contributed by atoms with Crippen LogP contribution in [0.4, 0.5) is 4.39 Å². The number of benzene rings is 2. The largest absolute Gasteiger partial charge is 0.335 e. The van der Waals surface area contributed by atoms with Crippen LogP contribution in [0.25, 0.3) is 5.69 Å². The molecule has 0 aliphatic rings. The van der Waals surface area contributed by atoms with Crippen LogP contribution in [0.1, 0.15) is 34.5 Å². The van der Waals surface area contributed by atoms with Crippen LogP contribution in [-0.2, 0) is 5.75 Å². The van der Waals surface area contributed by atoms with Crippen LogP contribution in [0.3, 0.4) is 0 Å². The van der Waals surface area contributed by atoms with Gasteiger partial charge >= 0.3 is 0 Å². The quantitative estimate of drug-likeness (QED) is 0.376. The number of hydrogen-bond donors (Lipinski definition) is 0. The third-order valence-electron chi connectivity index (χ3n) is 5.25. The molecule has 2 aromatic carbocycles. The molecule has 1 atom stereocenters. The second-order valence-corrected chi connectivity index (χ2v) is 8.26. The summed E-state index contributed by atoms with van der Waals surface area (Å²) in [5, 5.41) is 4.79. The molecule has 0 bridgehead atoms. The average Bonchev–Trinajstić information content (AvgIpc) is 3.38. The Morgan fingerprint density at radius 2 is 1.88 bits per heavy atom. The Hall–Kier alpha value is -3.52. The van der Waals surface area contributed by atoms with E-state index < -0.39 is 0 Å². The molecule has 32 heavy (non-hydrogen) atoms. The fourth-order valence-corrected chi connectivity index (χ4v) is 4.18. The van der Waals surface area contributed by atoms with Gasteiger partial charge < -0.3 is 4.90 Å². The van der Waals surface area contributed by atoms with Crippen molar-refractivity contribution >= 4 is 17.7 Å². The maximum absolute atomic E-state index is 13.3. The zero-order valence-corrected chi connectivity index (χ0v) is 18.5. The van der Waals surface area contributed by atoms with Crippen molar-refractivity contribution in [3.05, 3.63) is 102 Å². The summed E-state index contributed by atoms with van der Waals surface area (Å²) in [4.78, 5) is 23.4. The molecular weight excluding hydrogens is 425 g/mol. The number of hydrogen-bond acceptors (Lipinski definition) is 5. The lowest BCUT2D eigenvalue weighted by molar-refractivity contribution is 0.0738. The summed E-state index contributed by atoms with van der Waals surface area (Å²) in [6.07, 6.45) is 4.81. The summed E-state index contributed by atoms with van der Waals surface area (Å²) in [6, 6.07) is 17.6. The molecular formula is C24H22FN5OS. The third-order valence-corrected chi connectivity index (χ3v) is 6.33. The molecule has 0 aliphatic heterocycles. The molecule has 2 aromatic heterocycles. The van der Waals surface area contributed by atoms with E-state index in [0.29, 0.717) is 16.3 Å². The van der Waals surface area contributed by atoms with Gasteiger partial charge in [0.05, 0.1) is 17.3 Å². The minimum atomic E-state index is -0.266. The van der Waals surface area contributed by atoms with E-state index in [0.717, 1.165) is 16.8 Å². The predicted octanol–water partition coefficient (Wildman–Crippen LogP) is 4.93. The van der Waals surface area contributed by atoms with Gasteiger partial charge in [0.15, 0.2) is 0 Å². The van der Waals surface area contributed by atoms with Crippen molar-refractivity contribution in [2.45, 2.75) is 23.7 Å². The van der Waals surface area contributed by atoms with E-state index in [1.807, 2.05) is 31.2 Å². The highest BCUT2D eigenvalue weighted by molar-refractivity contribution is 7.98. The number of aromatic nitrogens is 4. The molecule has 1 unspecified atom stereocenters. The third kappa shape index (κ3) is 4.86. The number of halogens is 1. The van der Waals surface area contributed by atoms with Crippen LogP contribution < -0.4 is 0 Å². The SMILES string of the molecule is CC(c1ccc(-n2cncn2)cc1)N(C)C(=O)c1cccnc1SCc1ccc(F)cc1. The normalized spacial score (nSPS) is 11.8. The number of amides is 1. The highest BCUT2D eigenvalue weighted by Crippen LogP contribution is 2.28. The van der Waals surface area contributed by atoms with Gasteiger partial charge in [0.1, 0.15) is 23.5 Å². The van der Waals surface area contributed by atoms with Crippen LogP contribution in [0, 0.1) is 5.82 Å². The molecule has 4 aromatic rings. The van der Waals surface area contributed by atoms with Gasteiger partial charge in [-0.1, -0.05) is 24.3 Å². The number of rotatable bonds is 7. The van der Waals surface area contributed by atoms with Gasteiger partial charge in [-0.05, 0) is 54.4 Å². The molecule has 0 spiro atoms. The Bertz CT molecular complexity index is 1180. The van der Waals surface area contributed by atoms with Gasteiger partial charge in [0.25, 0.3) is 5.91 Å². The van der Waals surface area contributed by atoms with E-state index in [1.54, 1.807) is 53.4 Å². The van der Waals surface area contributed by atoms with Gasteiger partial charge in [-0.15, -0.1) is 11.8 Å². The Morgan fingerprint density at radius 3 is 2.56 bits per heavy atom. The van der Waals surface area contributed by atoms with Crippen molar-refractivity contribution in [1.29, 1.82) is 0 Å². The first-order valence-electron chi connectivity index (χ1n) is 10.1. The van der Waals surface area contributed by atoms with E-state index in [-0.39, 0.29) is 17.8 Å². The van der Waals surface area contributed by atoms with Crippen molar-refractivity contribution in [2.75, 3.05) is 7.05 Å². The molecule has 0 aliphatic carbocycles. The molecule has 0 saturated heterocycles. The van der Waals surface area contributed by atoms with Crippen molar-refractivity contribution < 1.29 is 9.18 Å². The van der Waals surface area contributed by atoms with E-state index >= 15 is 0 Å². The average molecular weight is 448 g/mol. The van der Waals surface area contributed by atoms with Gasteiger partial charge in [-0.3, -0.25) is 4.79 Å². The molecule has 162 valence electrons. The fourth-order valence-electron chi connectivity index (χ4n) is 3.24. The topological polar surface area (TPSA) is 63.9 Å². The molecule has 8 heteroatoms. The monoisotopic (exact) mass is 447 g/mol. The van der Waals surface area contributed by atoms with Crippen LogP contribution >= 0.6 is 11.8 Å². The van der Waals surface area contributed by atoms with Gasteiger partial charge in [-0.25, -0.2) is 19.0 Å². The summed E-state index contributed by atoms with van der Waals surface area (Å²) in [5.74, 6) is 0.227. The first-order valence-corrected chi connectivity index (χ1v) is 11.1. The zero-order chi connectivity index (χ0) is 22.5. The van der Waals surface area contributed by atoms with Crippen molar-refractivity contribution in [3.8, 4) is 5.69 Å². The minimum Gasteiger partial charge on any atom is -0.335 e. The lowest BCUT2D eigenvalue weighted by atomic mass is 10.1. The smallest absolute Gasteiger partial charge is 0.256 e. The van der Waals surface area contributed by atoms with E-state index in [2.05, 4.69) is 15.1 Å². The lowest BCUT2D eigenvalue weighted by Gasteiger charge is -2.26. The first-order chi connectivity index (χ1) is 15.5. The molecule has 0 radical (unpaired) electrons. The maximum Gasteiger partial charge on any atom is 0.256 e. The maximum atomic E-state index is 13.3. The van der Waals surface area contributed by atoms with Gasteiger partial charge in [0.2, 0.25) is 0 Å². The van der Waals surface area contributed by atoms with Crippen LogP contribution in [0.15, 0.2) is 84.5 Å². The predicted molar refractivity (Wildman–Crippen MR) is 122 cm³/mol. The number of nitrogens with zero attached hydrogens (tertiary/aromatic N) is 5. The first kappa shape index (κ1) is 21.7. The Kier molecular flexibility index (Phi) is 6.61. The van der Waals surface area contributed by atoms with E-state index in [4.69, 9.17) is 0 Å². The second-order valence-electron chi connectivity index (χ2n) is 7.29. The highest BCUT2D eigenvalue weighted by Gasteiger charge is 2.22. The summed E-state index contributed by atoms with van der Waals surface area (Å²) in [5.41, 5.74) is 3.43. The molecule has 6 nitrogen and oxygen atoms in total. The second kappa shape index (κ2) is 9.74. The lowest BCUT2D eigenvalue weighted by Crippen LogP contribution is -2.30. The van der Waals surface area contributed by atoms with Crippen molar-refractivity contribution in [1.82, 2.24) is 24.6 Å². The summed E-state index contributed by atoms with van der Waals surface area (Å²) in [6.45, 7) is 1.99. The fraction of sp³-hybridized carbons (Fsp3) is 0.167. The van der Waals surface area contributed by atoms with Crippen LogP contribution in [0.2, 0.25) is 0 Å². The molecule has 0 fully saturated rings. The molecule has 2 heterocycles. The van der Waals surface area contributed by atoms with Crippen molar-refractivity contribution in [3.63, 3.8) is 0 Å². The minimum absolute atomic E-state index is 0.104. The van der Waals surface area contributed by atoms with E-state index in [9.17, 15) is 9.18 Å².